The van der Waals surface area contributed by atoms with E-state index in [0.717, 1.165) is 12.8 Å². The maximum atomic E-state index is 13.0. The minimum absolute atomic E-state index is 0.233. The van der Waals surface area contributed by atoms with E-state index in [1.807, 2.05) is 0 Å². The van der Waals surface area contributed by atoms with Gasteiger partial charge in [0.05, 0.1) is 0 Å². The molecule has 0 aromatic heterocycles. The summed E-state index contributed by atoms with van der Waals surface area (Å²) in [4.78, 5) is 0. The van der Waals surface area contributed by atoms with Gasteiger partial charge in [0.1, 0.15) is 5.82 Å². The minimum atomic E-state index is -0.309. The number of halogens is 2. The summed E-state index contributed by atoms with van der Waals surface area (Å²) in [5.74, 6) is -0.309. The van der Waals surface area contributed by atoms with Gasteiger partial charge in [-0.3, -0.25) is 0 Å². The van der Waals surface area contributed by atoms with Crippen LogP contribution in [0.15, 0.2) is 18.2 Å². The summed E-state index contributed by atoms with van der Waals surface area (Å²) in [6.07, 6.45) is 1.57. The molecule has 0 aliphatic rings. The van der Waals surface area contributed by atoms with E-state index in [2.05, 4.69) is 0 Å². The molecule has 1 aromatic carbocycles. The first kappa shape index (κ1) is 12.4. The van der Waals surface area contributed by atoms with Crippen molar-refractivity contribution < 1.29 is 9.13 Å². The molecule has 2 nitrogen and oxygen atoms in total. The summed E-state index contributed by atoms with van der Waals surface area (Å²) in [5, 5.41) is 0.515. The van der Waals surface area contributed by atoms with Crippen LogP contribution in [-0.4, -0.2) is 13.7 Å². The number of benzene rings is 1. The first-order chi connectivity index (χ1) is 7.15. The van der Waals surface area contributed by atoms with Gasteiger partial charge in [0, 0.05) is 24.8 Å². The summed E-state index contributed by atoms with van der Waals surface area (Å²) < 4.78 is 17.9. The molecule has 0 saturated carbocycles. The molecule has 84 valence electrons. The third kappa shape index (κ3) is 3.78. The molecule has 1 aromatic rings. The first-order valence-electron chi connectivity index (χ1n) is 4.84. The molecular weight excluding hydrogens is 217 g/mol. The lowest BCUT2D eigenvalue weighted by Crippen LogP contribution is -2.12. The lowest BCUT2D eigenvalue weighted by Gasteiger charge is -2.13. The van der Waals surface area contributed by atoms with Crippen molar-refractivity contribution in [3.05, 3.63) is 34.6 Å². The molecule has 15 heavy (non-hydrogen) atoms. The molecule has 1 unspecified atom stereocenters. The van der Waals surface area contributed by atoms with Crippen LogP contribution in [0.25, 0.3) is 0 Å². The van der Waals surface area contributed by atoms with E-state index in [9.17, 15) is 4.39 Å². The highest BCUT2D eigenvalue weighted by molar-refractivity contribution is 6.31. The van der Waals surface area contributed by atoms with Crippen molar-refractivity contribution in [3.8, 4) is 0 Å². The Balaban J connectivity index is 2.64. The zero-order valence-corrected chi connectivity index (χ0v) is 9.43. The van der Waals surface area contributed by atoms with Gasteiger partial charge in [0.15, 0.2) is 0 Å². The van der Waals surface area contributed by atoms with Crippen LogP contribution in [0.4, 0.5) is 4.39 Å². The Labute approximate surface area is 94.2 Å². The van der Waals surface area contributed by atoms with Crippen LogP contribution in [0.2, 0.25) is 5.02 Å². The fraction of sp³-hybridized carbons (Fsp3) is 0.455. The lowest BCUT2D eigenvalue weighted by molar-refractivity contribution is 0.190. The molecule has 2 N–H and O–H groups in total. The maximum absolute atomic E-state index is 13.0. The van der Waals surface area contributed by atoms with Gasteiger partial charge in [0.2, 0.25) is 0 Å². The van der Waals surface area contributed by atoms with Crippen LogP contribution in [0.3, 0.4) is 0 Å². The predicted molar refractivity (Wildman–Crippen MR) is 59.4 cm³/mol. The highest BCUT2D eigenvalue weighted by atomic mass is 35.5. The smallest absolute Gasteiger partial charge is 0.123 e. The first-order valence-corrected chi connectivity index (χ1v) is 5.22. The summed E-state index contributed by atoms with van der Waals surface area (Å²) in [5.41, 5.74) is 6.56. The minimum Gasteiger partial charge on any atom is -0.385 e. The summed E-state index contributed by atoms with van der Waals surface area (Å²) in [6, 6.07) is 4.01. The fourth-order valence-corrected chi connectivity index (χ4v) is 1.66. The van der Waals surface area contributed by atoms with E-state index >= 15 is 0 Å². The summed E-state index contributed by atoms with van der Waals surface area (Å²) >= 11 is 5.93. The van der Waals surface area contributed by atoms with Crippen molar-refractivity contribution in [2.24, 2.45) is 5.73 Å². The summed E-state index contributed by atoms with van der Waals surface area (Å²) in [6.45, 7) is 0.653. The molecule has 0 aliphatic carbocycles. The number of nitrogens with two attached hydrogens (primary N) is 1. The average molecular weight is 232 g/mol. The Hall–Kier alpha value is -0.640. The fourth-order valence-electron chi connectivity index (χ4n) is 1.40. The van der Waals surface area contributed by atoms with Crippen LogP contribution in [0.5, 0.6) is 0 Å². The van der Waals surface area contributed by atoms with Crippen molar-refractivity contribution in [1.29, 1.82) is 0 Å². The molecule has 1 rings (SSSR count). The van der Waals surface area contributed by atoms with Crippen LogP contribution >= 0.6 is 11.6 Å². The van der Waals surface area contributed by atoms with E-state index < -0.39 is 0 Å². The van der Waals surface area contributed by atoms with Gasteiger partial charge in [-0.2, -0.15) is 0 Å². The highest BCUT2D eigenvalue weighted by Gasteiger charge is 2.10. The SMILES string of the molecule is COCCCC(N)c1cc(F)ccc1Cl. The Morgan fingerprint density at radius 2 is 2.27 bits per heavy atom. The van der Waals surface area contributed by atoms with E-state index in [-0.39, 0.29) is 11.9 Å². The molecule has 0 spiro atoms. The van der Waals surface area contributed by atoms with Crippen molar-refractivity contribution in [2.75, 3.05) is 13.7 Å². The molecule has 1 atom stereocenters. The zero-order valence-electron chi connectivity index (χ0n) is 8.67. The average Bonchev–Trinajstić information content (AvgIpc) is 2.22. The predicted octanol–water partition coefficient (Wildman–Crippen LogP) is 2.91. The van der Waals surface area contributed by atoms with Gasteiger partial charge in [-0.15, -0.1) is 0 Å². The number of hydrogen-bond acceptors (Lipinski definition) is 2. The van der Waals surface area contributed by atoms with Gasteiger partial charge < -0.3 is 10.5 Å². The number of hydrogen-bond donors (Lipinski definition) is 1. The topological polar surface area (TPSA) is 35.2 Å². The number of rotatable bonds is 5. The third-order valence-electron chi connectivity index (χ3n) is 2.22. The standard InChI is InChI=1S/C11H15ClFNO/c1-15-6-2-3-11(14)9-7-8(13)4-5-10(9)12/h4-5,7,11H,2-3,6,14H2,1H3. The van der Waals surface area contributed by atoms with Crippen molar-refractivity contribution in [3.63, 3.8) is 0 Å². The van der Waals surface area contributed by atoms with Crippen LogP contribution in [-0.2, 0) is 4.74 Å². The van der Waals surface area contributed by atoms with Gasteiger partial charge >= 0.3 is 0 Å². The van der Waals surface area contributed by atoms with E-state index in [1.165, 1.54) is 18.2 Å². The molecule has 0 bridgehead atoms. The lowest BCUT2D eigenvalue weighted by atomic mass is 10.0. The second-order valence-corrected chi connectivity index (χ2v) is 3.81. The molecular formula is C11H15ClFNO. The van der Waals surface area contributed by atoms with Crippen LogP contribution in [0, 0.1) is 5.82 Å². The van der Waals surface area contributed by atoms with Crippen molar-refractivity contribution in [1.82, 2.24) is 0 Å². The molecule has 4 heteroatoms. The van der Waals surface area contributed by atoms with Gasteiger partial charge in [0.25, 0.3) is 0 Å². The zero-order chi connectivity index (χ0) is 11.3. The Bertz CT molecular complexity index is 319. The Morgan fingerprint density at radius 1 is 1.53 bits per heavy atom. The Kier molecular flexibility index (Phi) is 5.02. The van der Waals surface area contributed by atoms with Crippen LogP contribution in [0.1, 0.15) is 24.4 Å². The second-order valence-electron chi connectivity index (χ2n) is 3.41. The summed E-state index contributed by atoms with van der Waals surface area (Å²) in [7, 11) is 1.64. The highest BCUT2D eigenvalue weighted by Crippen LogP contribution is 2.25. The van der Waals surface area contributed by atoms with E-state index in [4.69, 9.17) is 22.1 Å². The molecule has 0 heterocycles. The number of methoxy groups -OCH3 is 1. The quantitative estimate of drug-likeness (QED) is 0.791. The molecule has 0 fully saturated rings. The maximum Gasteiger partial charge on any atom is 0.123 e. The van der Waals surface area contributed by atoms with Crippen molar-refractivity contribution in [2.45, 2.75) is 18.9 Å². The third-order valence-corrected chi connectivity index (χ3v) is 2.57. The van der Waals surface area contributed by atoms with Crippen LogP contribution < -0.4 is 5.73 Å². The molecule has 0 amide bonds. The van der Waals surface area contributed by atoms with Gasteiger partial charge in [-0.25, -0.2) is 4.39 Å². The largest absolute Gasteiger partial charge is 0.385 e. The Morgan fingerprint density at radius 3 is 2.93 bits per heavy atom. The van der Waals surface area contributed by atoms with E-state index in [1.54, 1.807) is 7.11 Å². The molecule has 0 radical (unpaired) electrons. The number of ether oxygens (including phenoxy) is 1. The van der Waals surface area contributed by atoms with Gasteiger partial charge in [-0.05, 0) is 36.6 Å². The van der Waals surface area contributed by atoms with E-state index in [0.29, 0.717) is 17.2 Å². The second kappa shape index (κ2) is 6.05. The molecule has 0 saturated heterocycles. The monoisotopic (exact) mass is 231 g/mol. The van der Waals surface area contributed by atoms with Gasteiger partial charge in [-0.1, -0.05) is 11.6 Å². The normalized spacial score (nSPS) is 12.8. The molecule has 0 aliphatic heterocycles. The van der Waals surface area contributed by atoms with Crippen molar-refractivity contribution >= 4 is 11.6 Å².